The highest BCUT2D eigenvalue weighted by atomic mass is 16.5. The van der Waals surface area contributed by atoms with Crippen LogP contribution < -0.4 is 9.47 Å². The highest BCUT2D eigenvalue weighted by molar-refractivity contribution is 5.96. The molecule has 0 N–H and O–H groups in total. The molecule has 1 aliphatic heterocycles. The minimum Gasteiger partial charge on any atom is -0.497 e. The molecule has 6 heteroatoms. The second-order valence-corrected chi connectivity index (χ2v) is 8.78. The van der Waals surface area contributed by atoms with E-state index in [-0.39, 0.29) is 11.8 Å². The Labute approximate surface area is 199 Å². The number of carbonyl (C=O) groups is 1. The molecule has 34 heavy (non-hydrogen) atoms. The zero-order chi connectivity index (χ0) is 23.7. The SMILES string of the molecule is COc1cccc(-c2nc(C3CCCN(C(=O)c4ccc(OC)cc4C)C3)n3ccccc23)c1. The van der Waals surface area contributed by atoms with Gasteiger partial charge in [0.2, 0.25) is 0 Å². The second-order valence-electron chi connectivity index (χ2n) is 8.78. The van der Waals surface area contributed by atoms with Crippen molar-refractivity contribution in [1.82, 2.24) is 14.3 Å². The van der Waals surface area contributed by atoms with Crippen LogP contribution in [0.5, 0.6) is 11.5 Å². The highest BCUT2D eigenvalue weighted by Gasteiger charge is 2.29. The Balaban J connectivity index is 1.48. The Kier molecular flexibility index (Phi) is 5.97. The number of methoxy groups -OCH3 is 2. The van der Waals surface area contributed by atoms with Crippen LogP contribution in [0, 0.1) is 6.92 Å². The standard InChI is InChI=1S/C28H29N3O3/c1-19-16-23(34-3)12-13-24(19)28(32)30-14-7-9-21(18-30)27-29-26(25-11-4-5-15-31(25)27)20-8-6-10-22(17-20)33-2/h4-6,8,10-13,15-17,21H,7,9,14,18H2,1-3H3. The van der Waals surface area contributed by atoms with Gasteiger partial charge in [-0.3, -0.25) is 4.79 Å². The van der Waals surface area contributed by atoms with Crippen LogP contribution in [0.3, 0.4) is 0 Å². The van der Waals surface area contributed by atoms with Gasteiger partial charge in [-0.25, -0.2) is 4.98 Å². The lowest BCUT2D eigenvalue weighted by Gasteiger charge is -2.32. The molecule has 0 saturated carbocycles. The maximum Gasteiger partial charge on any atom is 0.254 e. The molecule has 1 aliphatic rings. The minimum atomic E-state index is 0.0683. The Morgan fingerprint density at radius 1 is 1.00 bits per heavy atom. The molecule has 3 heterocycles. The molecule has 1 atom stereocenters. The molecule has 6 nitrogen and oxygen atoms in total. The van der Waals surface area contributed by atoms with Crippen molar-refractivity contribution < 1.29 is 14.3 Å². The molecule has 1 fully saturated rings. The fourth-order valence-electron chi connectivity index (χ4n) is 4.88. The Morgan fingerprint density at radius 2 is 1.82 bits per heavy atom. The number of benzene rings is 2. The molecule has 174 valence electrons. The number of ether oxygens (including phenoxy) is 2. The molecule has 5 rings (SSSR count). The topological polar surface area (TPSA) is 56.1 Å². The summed E-state index contributed by atoms with van der Waals surface area (Å²) in [4.78, 5) is 20.5. The molecule has 0 aliphatic carbocycles. The number of fused-ring (bicyclic) bond motifs is 1. The van der Waals surface area contributed by atoms with Crippen molar-refractivity contribution in [3.63, 3.8) is 0 Å². The largest absolute Gasteiger partial charge is 0.497 e. The maximum atomic E-state index is 13.4. The summed E-state index contributed by atoms with van der Waals surface area (Å²) >= 11 is 0. The normalized spacial score (nSPS) is 16.0. The molecular formula is C28H29N3O3. The van der Waals surface area contributed by atoms with Gasteiger partial charge in [-0.15, -0.1) is 0 Å². The van der Waals surface area contributed by atoms with Crippen LogP contribution >= 0.6 is 0 Å². The molecule has 2 aromatic carbocycles. The third-order valence-corrected chi connectivity index (χ3v) is 6.66. The number of aromatic nitrogens is 2. The van der Waals surface area contributed by atoms with E-state index < -0.39 is 0 Å². The molecule has 0 radical (unpaired) electrons. The van der Waals surface area contributed by atoms with Crippen LogP contribution in [0.15, 0.2) is 66.9 Å². The van der Waals surface area contributed by atoms with E-state index in [0.29, 0.717) is 6.54 Å². The lowest BCUT2D eigenvalue weighted by molar-refractivity contribution is 0.0703. The number of amides is 1. The van der Waals surface area contributed by atoms with Crippen molar-refractivity contribution >= 4 is 11.4 Å². The summed E-state index contributed by atoms with van der Waals surface area (Å²) in [7, 11) is 3.31. The number of pyridine rings is 1. The number of aryl methyl sites for hydroxylation is 1. The zero-order valence-corrected chi connectivity index (χ0v) is 19.8. The second kappa shape index (κ2) is 9.21. The van der Waals surface area contributed by atoms with Gasteiger partial charge in [-0.05, 0) is 67.8 Å². The first-order valence-electron chi connectivity index (χ1n) is 11.6. The monoisotopic (exact) mass is 455 g/mol. The summed E-state index contributed by atoms with van der Waals surface area (Å²) in [5.74, 6) is 2.79. The van der Waals surface area contributed by atoms with Crippen LogP contribution in [0.2, 0.25) is 0 Å². The molecule has 1 amide bonds. The van der Waals surface area contributed by atoms with Crippen LogP contribution in [-0.2, 0) is 0 Å². The van der Waals surface area contributed by atoms with Gasteiger partial charge in [0.25, 0.3) is 5.91 Å². The summed E-state index contributed by atoms with van der Waals surface area (Å²) in [6, 6.07) is 19.8. The van der Waals surface area contributed by atoms with E-state index >= 15 is 0 Å². The fourth-order valence-corrected chi connectivity index (χ4v) is 4.88. The number of rotatable bonds is 5. The zero-order valence-electron chi connectivity index (χ0n) is 19.8. The molecule has 1 unspecified atom stereocenters. The van der Waals surface area contributed by atoms with E-state index in [4.69, 9.17) is 14.5 Å². The van der Waals surface area contributed by atoms with Gasteiger partial charge < -0.3 is 18.8 Å². The lowest BCUT2D eigenvalue weighted by atomic mass is 9.96. The summed E-state index contributed by atoms with van der Waals surface area (Å²) in [5, 5.41) is 0. The van der Waals surface area contributed by atoms with Crippen LogP contribution in [0.4, 0.5) is 0 Å². The van der Waals surface area contributed by atoms with Gasteiger partial charge in [0, 0.05) is 36.3 Å². The minimum absolute atomic E-state index is 0.0683. The van der Waals surface area contributed by atoms with E-state index in [2.05, 4.69) is 22.7 Å². The van der Waals surface area contributed by atoms with Gasteiger partial charge in [-0.2, -0.15) is 0 Å². The molecule has 1 saturated heterocycles. The van der Waals surface area contributed by atoms with Crippen molar-refractivity contribution in [2.75, 3.05) is 27.3 Å². The predicted molar refractivity (Wildman–Crippen MR) is 133 cm³/mol. The van der Waals surface area contributed by atoms with Crippen molar-refractivity contribution in [3.8, 4) is 22.8 Å². The number of hydrogen-bond donors (Lipinski definition) is 0. The van der Waals surface area contributed by atoms with Gasteiger partial charge >= 0.3 is 0 Å². The smallest absolute Gasteiger partial charge is 0.254 e. The van der Waals surface area contributed by atoms with Crippen molar-refractivity contribution in [3.05, 3.63) is 83.8 Å². The number of carbonyl (C=O) groups excluding carboxylic acids is 1. The van der Waals surface area contributed by atoms with Gasteiger partial charge in [0.15, 0.2) is 0 Å². The molecular weight excluding hydrogens is 426 g/mol. The summed E-state index contributed by atoms with van der Waals surface area (Å²) < 4.78 is 12.9. The average molecular weight is 456 g/mol. The van der Waals surface area contributed by atoms with E-state index in [0.717, 1.165) is 64.6 Å². The van der Waals surface area contributed by atoms with Crippen LogP contribution in [0.1, 0.15) is 40.5 Å². The number of hydrogen-bond acceptors (Lipinski definition) is 4. The third-order valence-electron chi connectivity index (χ3n) is 6.66. The van der Waals surface area contributed by atoms with Crippen molar-refractivity contribution in [2.24, 2.45) is 0 Å². The Morgan fingerprint density at radius 3 is 2.62 bits per heavy atom. The lowest BCUT2D eigenvalue weighted by Crippen LogP contribution is -2.39. The summed E-state index contributed by atoms with van der Waals surface area (Å²) in [6.07, 6.45) is 4.01. The Hall–Kier alpha value is -3.80. The highest BCUT2D eigenvalue weighted by Crippen LogP contribution is 2.33. The number of likely N-dealkylation sites (tertiary alicyclic amines) is 1. The van der Waals surface area contributed by atoms with Crippen LogP contribution in [0.25, 0.3) is 16.8 Å². The van der Waals surface area contributed by atoms with E-state index in [1.807, 2.05) is 60.4 Å². The van der Waals surface area contributed by atoms with Gasteiger partial charge in [0.05, 0.1) is 25.4 Å². The van der Waals surface area contributed by atoms with E-state index in [1.165, 1.54) is 0 Å². The number of nitrogens with zero attached hydrogens (tertiary/aromatic N) is 3. The number of imidazole rings is 1. The maximum absolute atomic E-state index is 13.4. The Bertz CT molecular complexity index is 1340. The molecule has 2 aromatic heterocycles. The number of piperidine rings is 1. The first-order chi connectivity index (χ1) is 16.6. The van der Waals surface area contributed by atoms with Crippen molar-refractivity contribution in [1.29, 1.82) is 0 Å². The van der Waals surface area contributed by atoms with E-state index in [1.54, 1.807) is 14.2 Å². The summed E-state index contributed by atoms with van der Waals surface area (Å²) in [6.45, 7) is 3.36. The first kappa shape index (κ1) is 22.0. The predicted octanol–water partition coefficient (Wildman–Crippen LogP) is 5.35. The van der Waals surface area contributed by atoms with Crippen molar-refractivity contribution in [2.45, 2.75) is 25.7 Å². The average Bonchev–Trinajstić information content (AvgIpc) is 3.28. The van der Waals surface area contributed by atoms with E-state index in [9.17, 15) is 4.79 Å². The van der Waals surface area contributed by atoms with Gasteiger partial charge in [-0.1, -0.05) is 18.2 Å². The molecule has 0 spiro atoms. The fraction of sp³-hybridized carbons (Fsp3) is 0.286. The third kappa shape index (κ3) is 4.00. The molecule has 4 aromatic rings. The van der Waals surface area contributed by atoms with Gasteiger partial charge in [0.1, 0.15) is 17.3 Å². The summed E-state index contributed by atoms with van der Waals surface area (Å²) in [5.41, 5.74) is 4.67. The van der Waals surface area contributed by atoms with Crippen LogP contribution in [-0.4, -0.2) is 47.5 Å². The molecule has 0 bridgehead atoms. The first-order valence-corrected chi connectivity index (χ1v) is 11.6. The quantitative estimate of drug-likeness (QED) is 0.407.